The van der Waals surface area contributed by atoms with Crippen LogP contribution in [0.2, 0.25) is 0 Å². The molecule has 0 saturated heterocycles. The molecule has 2 heterocycles. The molecule has 2 aromatic carbocycles. The molecule has 2 N–H and O–H groups in total. The third-order valence-electron chi connectivity index (χ3n) is 4.91. The molecule has 0 aliphatic carbocycles. The molecular weight excluding hydrogens is 430 g/mol. The lowest BCUT2D eigenvalue weighted by molar-refractivity contribution is 0.0939. The van der Waals surface area contributed by atoms with Crippen LogP contribution in [0.3, 0.4) is 0 Å². The van der Waals surface area contributed by atoms with Crippen LogP contribution in [0.1, 0.15) is 35.4 Å². The third kappa shape index (κ3) is 5.00. The van der Waals surface area contributed by atoms with Gasteiger partial charge in [-0.2, -0.15) is 0 Å². The number of nitrogens with zero attached hydrogens (tertiary/aromatic N) is 1. The quantitative estimate of drug-likeness (QED) is 0.591. The number of benzene rings is 2. The molecule has 8 nitrogen and oxygen atoms in total. The largest absolute Gasteiger partial charge is 0.490 e. The number of amides is 1. The maximum Gasteiger partial charge on any atom is 0.262 e. The number of carbonyl (C=O) groups excluding carboxylic acids is 1. The van der Waals surface area contributed by atoms with Gasteiger partial charge in [0.25, 0.3) is 15.9 Å². The molecule has 32 heavy (non-hydrogen) atoms. The summed E-state index contributed by atoms with van der Waals surface area (Å²) in [6, 6.07) is 16.0. The normalized spacial score (nSPS) is 14.2. The Labute approximate surface area is 186 Å². The van der Waals surface area contributed by atoms with E-state index in [2.05, 4.69) is 15.0 Å². The Hall–Kier alpha value is -3.59. The van der Waals surface area contributed by atoms with Crippen molar-refractivity contribution >= 4 is 21.6 Å². The van der Waals surface area contributed by atoms with E-state index in [9.17, 15) is 13.2 Å². The minimum absolute atomic E-state index is 0.0627. The Bertz CT molecular complexity index is 1200. The van der Waals surface area contributed by atoms with Crippen molar-refractivity contribution in [2.45, 2.75) is 24.3 Å². The summed E-state index contributed by atoms with van der Waals surface area (Å²) >= 11 is 0. The smallest absolute Gasteiger partial charge is 0.262 e. The van der Waals surface area contributed by atoms with Crippen molar-refractivity contribution in [1.29, 1.82) is 0 Å². The van der Waals surface area contributed by atoms with Crippen molar-refractivity contribution < 1.29 is 22.7 Å². The van der Waals surface area contributed by atoms with E-state index < -0.39 is 10.0 Å². The van der Waals surface area contributed by atoms with Crippen molar-refractivity contribution in [3.63, 3.8) is 0 Å². The fourth-order valence-electron chi connectivity index (χ4n) is 3.20. The van der Waals surface area contributed by atoms with E-state index >= 15 is 0 Å². The van der Waals surface area contributed by atoms with Gasteiger partial charge in [0.1, 0.15) is 0 Å². The lowest BCUT2D eigenvalue weighted by Crippen LogP contribution is -2.27. The van der Waals surface area contributed by atoms with Gasteiger partial charge in [-0.15, -0.1) is 0 Å². The predicted molar refractivity (Wildman–Crippen MR) is 119 cm³/mol. The summed E-state index contributed by atoms with van der Waals surface area (Å²) in [5, 5.41) is 2.87. The molecule has 0 fully saturated rings. The predicted octanol–water partition coefficient (Wildman–Crippen LogP) is 3.53. The molecule has 1 aliphatic heterocycles. The Morgan fingerprint density at radius 2 is 1.75 bits per heavy atom. The monoisotopic (exact) mass is 453 g/mol. The number of pyridine rings is 1. The molecule has 0 saturated carbocycles. The highest BCUT2D eigenvalue weighted by atomic mass is 32.2. The van der Waals surface area contributed by atoms with Gasteiger partial charge >= 0.3 is 0 Å². The fourth-order valence-corrected chi connectivity index (χ4v) is 4.27. The van der Waals surface area contributed by atoms with Crippen LogP contribution in [-0.2, 0) is 10.0 Å². The first kappa shape index (κ1) is 21.6. The molecule has 0 spiro atoms. The number of carbonyl (C=O) groups is 1. The van der Waals surface area contributed by atoms with Crippen molar-refractivity contribution in [2.75, 3.05) is 17.9 Å². The Morgan fingerprint density at radius 1 is 1.00 bits per heavy atom. The molecule has 166 valence electrons. The maximum atomic E-state index is 12.8. The molecule has 0 bridgehead atoms. The van der Waals surface area contributed by atoms with Gasteiger partial charge < -0.3 is 14.8 Å². The maximum absolute atomic E-state index is 12.8. The summed E-state index contributed by atoms with van der Waals surface area (Å²) in [6.07, 6.45) is 2.40. The standard InChI is InChI=1S/C23H23N3O5S/c1-16(20-5-2-3-12-24-20)25-23(27)17-6-8-18(9-7-17)26-32(28,29)19-10-11-21-22(15-19)31-14-4-13-30-21/h2-3,5-12,15-16,26H,4,13-14H2,1H3,(H,25,27). The molecule has 3 aromatic rings. The van der Waals surface area contributed by atoms with Crippen LogP contribution >= 0.6 is 0 Å². The van der Waals surface area contributed by atoms with Crippen LogP contribution in [0.5, 0.6) is 11.5 Å². The summed E-state index contributed by atoms with van der Waals surface area (Å²) in [4.78, 5) is 16.8. The first-order valence-electron chi connectivity index (χ1n) is 10.2. The second kappa shape index (κ2) is 9.27. The van der Waals surface area contributed by atoms with Gasteiger partial charge in [0, 0.05) is 29.9 Å². The van der Waals surface area contributed by atoms with E-state index in [4.69, 9.17) is 9.47 Å². The highest BCUT2D eigenvalue weighted by molar-refractivity contribution is 7.92. The zero-order valence-corrected chi connectivity index (χ0v) is 18.3. The van der Waals surface area contributed by atoms with E-state index in [-0.39, 0.29) is 16.8 Å². The third-order valence-corrected chi connectivity index (χ3v) is 6.29. The minimum atomic E-state index is -3.84. The summed E-state index contributed by atoms with van der Waals surface area (Å²) in [5.74, 6) is 0.650. The van der Waals surface area contributed by atoms with Crippen molar-refractivity contribution in [3.8, 4) is 11.5 Å². The fraction of sp³-hybridized carbons (Fsp3) is 0.217. The zero-order valence-electron chi connectivity index (χ0n) is 17.4. The van der Waals surface area contributed by atoms with E-state index in [1.54, 1.807) is 36.5 Å². The van der Waals surface area contributed by atoms with Gasteiger partial charge in [0.15, 0.2) is 11.5 Å². The molecule has 0 radical (unpaired) electrons. The second-order valence-corrected chi connectivity index (χ2v) is 8.97. The van der Waals surface area contributed by atoms with Gasteiger partial charge in [-0.1, -0.05) is 6.07 Å². The average molecular weight is 454 g/mol. The van der Waals surface area contributed by atoms with E-state index in [1.807, 2.05) is 25.1 Å². The average Bonchev–Trinajstić information content (AvgIpc) is 3.05. The number of fused-ring (bicyclic) bond motifs is 1. The number of nitrogens with one attached hydrogen (secondary N) is 2. The first-order valence-corrected chi connectivity index (χ1v) is 11.6. The van der Waals surface area contributed by atoms with Gasteiger partial charge in [-0.3, -0.25) is 14.5 Å². The van der Waals surface area contributed by atoms with Crippen LogP contribution in [0.4, 0.5) is 5.69 Å². The number of anilines is 1. The van der Waals surface area contributed by atoms with Crippen molar-refractivity contribution in [3.05, 3.63) is 78.1 Å². The molecule has 1 aliphatic rings. The van der Waals surface area contributed by atoms with Crippen LogP contribution < -0.4 is 19.5 Å². The molecular formula is C23H23N3O5S. The van der Waals surface area contributed by atoms with Gasteiger partial charge in [0.05, 0.1) is 29.8 Å². The van der Waals surface area contributed by atoms with Crippen LogP contribution in [0.15, 0.2) is 71.8 Å². The summed E-state index contributed by atoms with van der Waals surface area (Å²) in [5.41, 5.74) is 1.50. The van der Waals surface area contributed by atoms with E-state index in [1.165, 1.54) is 12.1 Å². The number of hydrogen-bond acceptors (Lipinski definition) is 6. The topological polar surface area (TPSA) is 107 Å². The number of hydrogen-bond donors (Lipinski definition) is 2. The highest BCUT2D eigenvalue weighted by Crippen LogP contribution is 2.32. The van der Waals surface area contributed by atoms with E-state index in [0.29, 0.717) is 36.0 Å². The molecule has 4 rings (SSSR count). The van der Waals surface area contributed by atoms with Gasteiger partial charge in [-0.05, 0) is 55.5 Å². The SMILES string of the molecule is CC(NC(=O)c1ccc(NS(=O)(=O)c2ccc3c(c2)OCCCO3)cc1)c1ccccn1. The Morgan fingerprint density at radius 3 is 2.47 bits per heavy atom. The Balaban J connectivity index is 1.44. The molecule has 1 atom stereocenters. The van der Waals surface area contributed by atoms with Crippen LogP contribution in [0, 0.1) is 0 Å². The summed E-state index contributed by atoms with van der Waals surface area (Å²) in [6.45, 7) is 2.84. The van der Waals surface area contributed by atoms with Crippen molar-refractivity contribution in [2.24, 2.45) is 0 Å². The van der Waals surface area contributed by atoms with Crippen molar-refractivity contribution in [1.82, 2.24) is 10.3 Å². The van der Waals surface area contributed by atoms with Gasteiger partial charge in [0.2, 0.25) is 0 Å². The highest BCUT2D eigenvalue weighted by Gasteiger charge is 2.19. The minimum Gasteiger partial charge on any atom is -0.490 e. The molecule has 1 unspecified atom stereocenters. The number of ether oxygens (including phenoxy) is 2. The lowest BCUT2D eigenvalue weighted by Gasteiger charge is -2.14. The second-order valence-electron chi connectivity index (χ2n) is 7.29. The number of aromatic nitrogens is 1. The van der Waals surface area contributed by atoms with Gasteiger partial charge in [-0.25, -0.2) is 8.42 Å². The molecule has 1 amide bonds. The summed E-state index contributed by atoms with van der Waals surface area (Å²) in [7, 11) is -3.84. The van der Waals surface area contributed by atoms with E-state index in [0.717, 1.165) is 12.1 Å². The Kier molecular flexibility index (Phi) is 6.27. The number of sulfonamides is 1. The number of rotatable bonds is 6. The van der Waals surface area contributed by atoms with Crippen LogP contribution in [0.25, 0.3) is 0 Å². The molecule has 9 heteroatoms. The zero-order chi connectivity index (χ0) is 22.6. The van der Waals surface area contributed by atoms with Crippen LogP contribution in [-0.4, -0.2) is 32.5 Å². The summed E-state index contributed by atoms with van der Waals surface area (Å²) < 4.78 is 39.2. The first-order chi connectivity index (χ1) is 15.4. The molecule has 1 aromatic heterocycles. The lowest BCUT2D eigenvalue weighted by atomic mass is 10.1.